The van der Waals surface area contributed by atoms with Gasteiger partial charge in [-0.05, 0) is 6.04 Å². The standard InChI is InChI=1S/C6H12O2Si/c1-3-4-5-9-8-6(2)7/h3-5H2,1-2H3. The Labute approximate surface area is 58.5 Å². The predicted octanol–water partition coefficient (Wildman–Crippen LogP) is 1.39. The SMILES string of the molecule is CCCC[Si]OC(C)=O. The maximum Gasteiger partial charge on any atom is 0.314 e. The van der Waals surface area contributed by atoms with E-state index in [0.29, 0.717) is 9.76 Å². The minimum absolute atomic E-state index is 0.163. The molecule has 2 nitrogen and oxygen atoms in total. The molecule has 0 heterocycles. The van der Waals surface area contributed by atoms with Crippen molar-refractivity contribution in [3.8, 4) is 0 Å². The fraction of sp³-hybridized carbons (Fsp3) is 0.833. The zero-order chi connectivity index (χ0) is 7.11. The van der Waals surface area contributed by atoms with Gasteiger partial charge in [0.2, 0.25) is 0 Å². The van der Waals surface area contributed by atoms with Crippen LogP contribution in [0.5, 0.6) is 0 Å². The molecule has 0 aliphatic heterocycles. The smallest absolute Gasteiger partial charge is 0.314 e. The second kappa shape index (κ2) is 5.82. The Morgan fingerprint density at radius 2 is 2.33 bits per heavy atom. The van der Waals surface area contributed by atoms with Gasteiger partial charge in [0, 0.05) is 6.92 Å². The first kappa shape index (κ1) is 8.69. The Kier molecular flexibility index (Phi) is 5.61. The molecule has 0 aromatic rings. The summed E-state index contributed by atoms with van der Waals surface area (Å²) in [5, 5.41) is 0. The van der Waals surface area contributed by atoms with Crippen molar-refractivity contribution in [2.24, 2.45) is 0 Å². The Balaban J connectivity index is 2.83. The van der Waals surface area contributed by atoms with E-state index < -0.39 is 0 Å². The average Bonchev–Trinajstić information content (AvgIpc) is 1.80. The Morgan fingerprint density at radius 1 is 1.67 bits per heavy atom. The Morgan fingerprint density at radius 3 is 2.78 bits per heavy atom. The van der Waals surface area contributed by atoms with E-state index in [4.69, 9.17) is 4.43 Å². The molecule has 52 valence electrons. The molecule has 0 aromatic heterocycles. The summed E-state index contributed by atoms with van der Waals surface area (Å²) in [7, 11) is 0.370. The molecular formula is C6H12O2Si. The van der Waals surface area contributed by atoms with Crippen molar-refractivity contribution in [3.05, 3.63) is 0 Å². The van der Waals surface area contributed by atoms with Gasteiger partial charge in [-0.25, -0.2) is 0 Å². The van der Waals surface area contributed by atoms with Crippen molar-refractivity contribution in [2.75, 3.05) is 0 Å². The summed E-state index contributed by atoms with van der Waals surface area (Å²) in [6, 6.07) is 1.02. The summed E-state index contributed by atoms with van der Waals surface area (Å²) < 4.78 is 4.73. The summed E-state index contributed by atoms with van der Waals surface area (Å²) in [5.74, 6) is -0.163. The van der Waals surface area contributed by atoms with Gasteiger partial charge in [-0.1, -0.05) is 19.8 Å². The number of hydrogen-bond acceptors (Lipinski definition) is 2. The van der Waals surface area contributed by atoms with Crippen LogP contribution in [0.4, 0.5) is 0 Å². The van der Waals surface area contributed by atoms with Gasteiger partial charge in [-0.15, -0.1) is 0 Å². The van der Waals surface area contributed by atoms with E-state index in [1.54, 1.807) is 0 Å². The Hall–Kier alpha value is -0.313. The van der Waals surface area contributed by atoms with Crippen molar-refractivity contribution in [1.82, 2.24) is 0 Å². The minimum Gasteiger partial charge on any atom is -0.517 e. The first-order chi connectivity index (χ1) is 4.27. The van der Waals surface area contributed by atoms with Crippen LogP contribution in [0.15, 0.2) is 0 Å². The lowest BCUT2D eigenvalue weighted by molar-refractivity contribution is -0.131. The summed E-state index contributed by atoms with van der Waals surface area (Å²) in [6.07, 6.45) is 2.33. The molecule has 9 heavy (non-hydrogen) atoms. The van der Waals surface area contributed by atoms with Crippen LogP contribution in [0.25, 0.3) is 0 Å². The molecule has 0 saturated heterocycles. The molecule has 0 unspecified atom stereocenters. The normalized spacial score (nSPS) is 9.11. The fourth-order valence-corrected chi connectivity index (χ4v) is 1.20. The zero-order valence-electron chi connectivity index (χ0n) is 5.94. The van der Waals surface area contributed by atoms with Gasteiger partial charge in [-0.3, -0.25) is 4.79 Å². The highest BCUT2D eigenvalue weighted by Crippen LogP contribution is 1.93. The molecule has 2 radical (unpaired) electrons. The number of carbonyl (C=O) groups is 1. The van der Waals surface area contributed by atoms with E-state index in [0.717, 1.165) is 12.5 Å². The van der Waals surface area contributed by atoms with Crippen LogP contribution in [0.2, 0.25) is 6.04 Å². The molecule has 0 fully saturated rings. The molecule has 0 rings (SSSR count). The molecule has 0 amide bonds. The lowest BCUT2D eigenvalue weighted by Gasteiger charge is -1.95. The van der Waals surface area contributed by atoms with E-state index in [2.05, 4.69) is 6.92 Å². The molecule has 0 spiro atoms. The molecule has 0 bridgehead atoms. The maximum atomic E-state index is 10.2. The minimum atomic E-state index is -0.163. The zero-order valence-corrected chi connectivity index (χ0v) is 6.94. The predicted molar refractivity (Wildman–Crippen MR) is 37.2 cm³/mol. The van der Waals surface area contributed by atoms with E-state index in [-0.39, 0.29) is 5.97 Å². The molecule has 0 aromatic carbocycles. The number of carbonyl (C=O) groups excluding carboxylic acids is 1. The number of rotatable bonds is 4. The second-order valence-corrected chi connectivity index (χ2v) is 2.83. The summed E-state index contributed by atoms with van der Waals surface area (Å²) in [5.41, 5.74) is 0. The van der Waals surface area contributed by atoms with E-state index >= 15 is 0 Å². The first-order valence-electron chi connectivity index (χ1n) is 3.17. The monoisotopic (exact) mass is 144 g/mol. The molecule has 3 heteroatoms. The first-order valence-corrected chi connectivity index (χ1v) is 4.29. The van der Waals surface area contributed by atoms with Crippen molar-refractivity contribution in [2.45, 2.75) is 32.7 Å². The van der Waals surface area contributed by atoms with Crippen LogP contribution in [0.1, 0.15) is 26.7 Å². The van der Waals surface area contributed by atoms with Gasteiger partial charge in [0.15, 0.2) is 0 Å². The van der Waals surface area contributed by atoms with Gasteiger partial charge in [0.05, 0.1) is 0 Å². The third kappa shape index (κ3) is 7.69. The van der Waals surface area contributed by atoms with E-state index in [1.165, 1.54) is 13.3 Å². The molecule has 0 atom stereocenters. The average molecular weight is 144 g/mol. The van der Waals surface area contributed by atoms with Crippen LogP contribution >= 0.6 is 0 Å². The third-order valence-corrected chi connectivity index (χ3v) is 1.84. The maximum absolute atomic E-state index is 10.2. The molecular weight excluding hydrogens is 132 g/mol. The van der Waals surface area contributed by atoms with Crippen LogP contribution in [-0.2, 0) is 9.22 Å². The highest BCUT2D eigenvalue weighted by atomic mass is 28.2. The molecule has 0 aliphatic rings. The fourth-order valence-electron chi connectivity index (χ4n) is 0.402. The molecule has 0 N–H and O–H groups in total. The second-order valence-electron chi connectivity index (χ2n) is 1.84. The number of hydrogen-bond donors (Lipinski definition) is 0. The van der Waals surface area contributed by atoms with Crippen molar-refractivity contribution in [3.63, 3.8) is 0 Å². The van der Waals surface area contributed by atoms with Crippen molar-refractivity contribution < 1.29 is 9.22 Å². The van der Waals surface area contributed by atoms with Crippen LogP contribution < -0.4 is 0 Å². The van der Waals surface area contributed by atoms with Gasteiger partial charge in [0.1, 0.15) is 0 Å². The largest absolute Gasteiger partial charge is 0.517 e. The number of unbranched alkanes of at least 4 members (excludes halogenated alkanes) is 1. The highest BCUT2D eigenvalue weighted by Gasteiger charge is 1.93. The van der Waals surface area contributed by atoms with Gasteiger partial charge >= 0.3 is 9.76 Å². The van der Waals surface area contributed by atoms with E-state index in [9.17, 15) is 4.79 Å². The third-order valence-electron chi connectivity index (χ3n) is 0.848. The van der Waals surface area contributed by atoms with Crippen LogP contribution in [0.3, 0.4) is 0 Å². The van der Waals surface area contributed by atoms with Gasteiger partial charge in [0.25, 0.3) is 5.97 Å². The van der Waals surface area contributed by atoms with Crippen LogP contribution in [-0.4, -0.2) is 15.7 Å². The highest BCUT2D eigenvalue weighted by molar-refractivity contribution is 6.30. The van der Waals surface area contributed by atoms with Crippen molar-refractivity contribution in [1.29, 1.82) is 0 Å². The topological polar surface area (TPSA) is 26.3 Å². The summed E-state index contributed by atoms with van der Waals surface area (Å²) in [4.78, 5) is 10.2. The molecule has 0 aliphatic carbocycles. The Bertz CT molecular complexity index is 83.1. The van der Waals surface area contributed by atoms with Gasteiger partial charge in [-0.2, -0.15) is 0 Å². The molecule has 0 saturated carbocycles. The summed E-state index contributed by atoms with van der Waals surface area (Å²) in [6.45, 7) is 3.57. The van der Waals surface area contributed by atoms with Crippen molar-refractivity contribution >= 4 is 15.7 Å². The van der Waals surface area contributed by atoms with Crippen LogP contribution in [0, 0.1) is 0 Å². The van der Waals surface area contributed by atoms with Gasteiger partial charge < -0.3 is 4.43 Å². The quantitative estimate of drug-likeness (QED) is 0.440. The lowest BCUT2D eigenvalue weighted by atomic mass is 10.4. The van der Waals surface area contributed by atoms with E-state index in [1.807, 2.05) is 0 Å². The summed E-state index contributed by atoms with van der Waals surface area (Å²) >= 11 is 0. The lowest BCUT2D eigenvalue weighted by Crippen LogP contribution is -2.02.